The maximum Gasteiger partial charge on any atom is 0.231 e. The zero-order chi connectivity index (χ0) is 16.4. The summed E-state index contributed by atoms with van der Waals surface area (Å²) >= 11 is 0. The Balaban J connectivity index is 1.31. The molecular formula is C19H23FN2O2+2. The number of hydrogen-bond acceptors (Lipinski definition) is 2. The fourth-order valence-electron chi connectivity index (χ4n) is 3.56. The molecule has 0 aliphatic carbocycles. The number of rotatable bonds is 4. The van der Waals surface area contributed by atoms with Crippen molar-refractivity contribution in [1.29, 1.82) is 0 Å². The molecule has 2 heterocycles. The SMILES string of the molecule is Fc1ccccc1C[NH+]1CC[NH+](Cc2ccc3c(c2)OCO3)CC1. The molecule has 4 rings (SSSR count). The summed E-state index contributed by atoms with van der Waals surface area (Å²) in [6, 6.07) is 13.3. The van der Waals surface area contributed by atoms with Gasteiger partial charge in [0.1, 0.15) is 45.1 Å². The summed E-state index contributed by atoms with van der Waals surface area (Å²) in [5.74, 6) is 1.61. The lowest BCUT2D eigenvalue weighted by Gasteiger charge is -2.29. The summed E-state index contributed by atoms with van der Waals surface area (Å²) in [6.45, 7) is 6.48. The second kappa shape index (κ2) is 6.79. The molecule has 0 atom stereocenters. The molecule has 1 fully saturated rings. The van der Waals surface area contributed by atoms with Gasteiger partial charge in [-0.25, -0.2) is 4.39 Å². The van der Waals surface area contributed by atoms with E-state index in [9.17, 15) is 4.39 Å². The Morgan fingerprint density at radius 1 is 0.833 bits per heavy atom. The van der Waals surface area contributed by atoms with Crippen LogP contribution in [0.2, 0.25) is 0 Å². The number of hydrogen-bond donors (Lipinski definition) is 2. The molecule has 0 bridgehead atoms. The summed E-state index contributed by atoms with van der Waals surface area (Å²) in [6.07, 6.45) is 0. The summed E-state index contributed by atoms with van der Waals surface area (Å²) in [5.41, 5.74) is 2.11. The van der Waals surface area contributed by atoms with E-state index in [4.69, 9.17) is 9.47 Å². The third-order valence-electron chi connectivity index (χ3n) is 4.95. The van der Waals surface area contributed by atoms with Gasteiger partial charge in [-0.3, -0.25) is 0 Å². The summed E-state index contributed by atoms with van der Waals surface area (Å²) in [5, 5.41) is 0. The van der Waals surface area contributed by atoms with E-state index >= 15 is 0 Å². The Morgan fingerprint density at radius 3 is 2.33 bits per heavy atom. The minimum Gasteiger partial charge on any atom is -0.454 e. The first-order valence-corrected chi connectivity index (χ1v) is 8.57. The molecule has 0 saturated carbocycles. The zero-order valence-electron chi connectivity index (χ0n) is 13.7. The van der Waals surface area contributed by atoms with E-state index in [0.717, 1.165) is 56.3 Å². The average molecular weight is 330 g/mol. The number of piperazine rings is 1. The fraction of sp³-hybridized carbons (Fsp3) is 0.368. The van der Waals surface area contributed by atoms with E-state index in [1.165, 1.54) is 10.5 Å². The molecule has 0 aromatic heterocycles. The van der Waals surface area contributed by atoms with Crippen LogP contribution >= 0.6 is 0 Å². The molecule has 0 radical (unpaired) electrons. The van der Waals surface area contributed by atoms with Gasteiger partial charge in [-0.05, 0) is 24.3 Å². The molecule has 4 nitrogen and oxygen atoms in total. The quantitative estimate of drug-likeness (QED) is 0.828. The molecule has 2 aromatic rings. The van der Waals surface area contributed by atoms with Crippen molar-refractivity contribution < 1.29 is 23.7 Å². The van der Waals surface area contributed by atoms with E-state index < -0.39 is 0 Å². The van der Waals surface area contributed by atoms with Crippen LogP contribution in [0, 0.1) is 5.82 Å². The smallest absolute Gasteiger partial charge is 0.231 e. The lowest BCUT2D eigenvalue weighted by atomic mass is 10.1. The van der Waals surface area contributed by atoms with Gasteiger partial charge in [0, 0.05) is 11.1 Å². The minimum absolute atomic E-state index is 0.0832. The topological polar surface area (TPSA) is 27.3 Å². The first-order valence-electron chi connectivity index (χ1n) is 8.57. The molecule has 0 unspecified atom stereocenters. The zero-order valence-corrected chi connectivity index (χ0v) is 13.7. The van der Waals surface area contributed by atoms with Crippen molar-refractivity contribution in [2.75, 3.05) is 33.0 Å². The number of halogens is 1. The normalized spacial score (nSPS) is 22.5. The predicted molar refractivity (Wildman–Crippen MR) is 87.8 cm³/mol. The van der Waals surface area contributed by atoms with Gasteiger partial charge in [0.25, 0.3) is 0 Å². The monoisotopic (exact) mass is 330 g/mol. The van der Waals surface area contributed by atoms with E-state index in [2.05, 4.69) is 12.1 Å². The molecule has 2 N–H and O–H groups in total. The lowest BCUT2D eigenvalue weighted by Crippen LogP contribution is -3.27. The maximum absolute atomic E-state index is 13.8. The third kappa shape index (κ3) is 3.37. The number of benzene rings is 2. The van der Waals surface area contributed by atoms with Gasteiger partial charge in [-0.1, -0.05) is 18.2 Å². The molecule has 126 valence electrons. The van der Waals surface area contributed by atoms with Crippen molar-refractivity contribution in [3.05, 3.63) is 59.4 Å². The summed E-state index contributed by atoms with van der Waals surface area (Å²) < 4.78 is 24.6. The van der Waals surface area contributed by atoms with Gasteiger partial charge in [-0.2, -0.15) is 0 Å². The van der Waals surface area contributed by atoms with Crippen molar-refractivity contribution in [3.8, 4) is 11.5 Å². The second-order valence-corrected chi connectivity index (χ2v) is 6.63. The van der Waals surface area contributed by atoms with Crippen LogP contribution in [0.15, 0.2) is 42.5 Å². The first-order chi connectivity index (χ1) is 11.8. The van der Waals surface area contributed by atoms with Crippen LogP contribution in [-0.4, -0.2) is 33.0 Å². The number of nitrogens with one attached hydrogen (secondary N) is 2. The highest BCUT2D eigenvalue weighted by Gasteiger charge is 2.24. The van der Waals surface area contributed by atoms with Crippen molar-refractivity contribution in [3.63, 3.8) is 0 Å². The molecular weight excluding hydrogens is 307 g/mol. The predicted octanol–water partition coefficient (Wildman–Crippen LogP) is 0.0380. The van der Waals surface area contributed by atoms with Crippen LogP contribution < -0.4 is 19.3 Å². The fourth-order valence-corrected chi connectivity index (χ4v) is 3.56. The third-order valence-corrected chi connectivity index (χ3v) is 4.95. The molecule has 2 aliphatic rings. The highest BCUT2D eigenvalue weighted by Crippen LogP contribution is 2.32. The Bertz CT molecular complexity index is 714. The van der Waals surface area contributed by atoms with Crippen molar-refractivity contribution in [2.24, 2.45) is 0 Å². The van der Waals surface area contributed by atoms with Gasteiger partial charge < -0.3 is 19.3 Å². The van der Waals surface area contributed by atoms with E-state index in [-0.39, 0.29) is 5.82 Å². The summed E-state index contributed by atoms with van der Waals surface area (Å²) in [7, 11) is 0. The molecule has 1 saturated heterocycles. The van der Waals surface area contributed by atoms with Crippen LogP contribution in [0.3, 0.4) is 0 Å². The number of quaternary nitrogens is 2. The van der Waals surface area contributed by atoms with Crippen LogP contribution in [0.4, 0.5) is 4.39 Å². The van der Waals surface area contributed by atoms with Gasteiger partial charge >= 0.3 is 0 Å². The molecule has 2 aromatic carbocycles. The molecule has 0 amide bonds. The molecule has 5 heteroatoms. The highest BCUT2D eigenvalue weighted by atomic mass is 19.1. The first kappa shape index (κ1) is 15.4. The van der Waals surface area contributed by atoms with Crippen LogP contribution in [0.1, 0.15) is 11.1 Å². The Labute approximate surface area is 141 Å². The van der Waals surface area contributed by atoms with Crippen LogP contribution in [0.5, 0.6) is 11.5 Å². The van der Waals surface area contributed by atoms with Crippen LogP contribution in [-0.2, 0) is 13.1 Å². The van der Waals surface area contributed by atoms with Crippen molar-refractivity contribution >= 4 is 0 Å². The largest absolute Gasteiger partial charge is 0.454 e. The van der Waals surface area contributed by atoms with E-state index in [1.807, 2.05) is 18.2 Å². The van der Waals surface area contributed by atoms with Crippen molar-refractivity contribution in [1.82, 2.24) is 0 Å². The highest BCUT2D eigenvalue weighted by molar-refractivity contribution is 5.44. The van der Waals surface area contributed by atoms with Gasteiger partial charge in [0.15, 0.2) is 11.5 Å². The lowest BCUT2D eigenvalue weighted by molar-refractivity contribution is -1.02. The molecule has 24 heavy (non-hydrogen) atoms. The Kier molecular flexibility index (Phi) is 4.36. The van der Waals surface area contributed by atoms with Crippen LogP contribution in [0.25, 0.3) is 0 Å². The number of ether oxygens (including phenoxy) is 2. The standard InChI is InChI=1S/C19H21FN2O2/c20-17-4-2-1-3-16(17)13-22-9-7-21(8-10-22)12-15-5-6-18-19(11-15)24-14-23-18/h1-6,11H,7-10,12-14H2/p+2. The Morgan fingerprint density at radius 2 is 1.54 bits per heavy atom. The number of fused-ring (bicyclic) bond motifs is 1. The molecule has 0 spiro atoms. The average Bonchev–Trinajstić information content (AvgIpc) is 3.06. The summed E-state index contributed by atoms with van der Waals surface area (Å²) in [4.78, 5) is 3.04. The maximum atomic E-state index is 13.8. The second-order valence-electron chi connectivity index (χ2n) is 6.63. The Hall–Kier alpha value is -2.11. The van der Waals surface area contributed by atoms with Crippen molar-refractivity contribution in [2.45, 2.75) is 13.1 Å². The van der Waals surface area contributed by atoms with E-state index in [0.29, 0.717) is 6.79 Å². The molecule has 2 aliphatic heterocycles. The van der Waals surface area contributed by atoms with Gasteiger partial charge in [-0.15, -0.1) is 0 Å². The minimum atomic E-state index is -0.0832. The van der Waals surface area contributed by atoms with E-state index in [1.54, 1.807) is 17.0 Å². The van der Waals surface area contributed by atoms with Gasteiger partial charge in [0.2, 0.25) is 6.79 Å². The van der Waals surface area contributed by atoms with Gasteiger partial charge in [0.05, 0.1) is 0 Å².